The summed E-state index contributed by atoms with van der Waals surface area (Å²) in [5.41, 5.74) is 17.4. The van der Waals surface area contributed by atoms with Gasteiger partial charge in [0.25, 0.3) is 0 Å². The van der Waals surface area contributed by atoms with Gasteiger partial charge in [-0.15, -0.1) is 0 Å². The fourth-order valence-corrected chi connectivity index (χ4v) is 8.38. The quantitative estimate of drug-likeness (QED) is 0.174. The van der Waals surface area contributed by atoms with Crippen LogP contribution < -0.4 is 4.90 Å². The standard InChI is InChI=1S/C51H37NO/c1-51(2)47-33-39(24-29-43(47)45-30-31-46-44-18-9-10-19-48(44)53-50(46)49(45)51)38-16-11-17-42(32-38)52(40-25-20-36(21-26-40)34-12-5-3-6-13-34)41-27-22-37(23-28-41)35-14-7-4-8-15-35/h3-33H,1-2H3. The first-order chi connectivity index (χ1) is 26.0. The van der Waals surface area contributed by atoms with Gasteiger partial charge in [0.05, 0.1) is 0 Å². The van der Waals surface area contributed by atoms with E-state index in [1.165, 1.54) is 66.4 Å². The second-order valence-corrected chi connectivity index (χ2v) is 14.6. The summed E-state index contributed by atoms with van der Waals surface area (Å²) in [6, 6.07) is 67.8. The van der Waals surface area contributed by atoms with Crippen molar-refractivity contribution in [3.8, 4) is 44.5 Å². The van der Waals surface area contributed by atoms with Gasteiger partial charge in [-0.25, -0.2) is 0 Å². The topological polar surface area (TPSA) is 16.4 Å². The van der Waals surface area contributed by atoms with E-state index < -0.39 is 0 Å². The summed E-state index contributed by atoms with van der Waals surface area (Å²) in [5, 5.41) is 2.35. The molecule has 0 bridgehead atoms. The fraction of sp³-hybridized carbons (Fsp3) is 0.0588. The Morgan fingerprint density at radius 2 is 0.925 bits per heavy atom. The van der Waals surface area contributed by atoms with Gasteiger partial charge in [-0.3, -0.25) is 0 Å². The first-order valence-corrected chi connectivity index (χ1v) is 18.3. The van der Waals surface area contributed by atoms with Crippen molar-refractivity contribution in [1.82, 2.24) is 0 Å². The molecule has 0 spiro atoms. The van der Waals surface area contributed by atoms with Crippen molar-refractivity contribution in [2.75, 3.05) is 4.90 Å². The summed E-state index contributed by atoms with van der Waals surface area (Å²) in [6.07, 6.45) is 0. The highest BCUT2D eigenvalue weighted by Gasteiger charge is 2.38. The van der Waals surface area contributed by atoms with Gasteiger partial charge in [0, 0.05) is 38.8 Å². The van der Waals surface area contributed by atoms with Crippen LogP contribution in [0, 0.1) is 0 Å². The van der Waals surface area contributed by atoms with Gasteiger partial charge in [0.1, 0.15) is 11.2 Å². The number of para-hydroxylation sites is 1. The normalized spacial score (nSPS) is 12.9. The first-order valence-electron chi connectivity index (χ1n) is 18.3. The number of furan rings is 1. The smallest absolute Gasteiger partial charge is 0.140 e. The SMILES string of the molecule is CC1(C)c2cc(-c3cccc(N(c4ccc(-c5ccccc5)cc4)c4ccc(-c5ccccc5)cc4)c3)ccc2-c2ccc3c(oc4ccccc43)c21. The minimum absolute atomic E-state index is 0.224. The summed E-state index contributed by atoms with van der Waals surface area (Å²) < 4.78 is 6.56. The molecule has 0 N–H and O–H groups in total. The molecule has 9 aromatic rings. The molecule has 0 aliphatic heterocycles. The average Bonchev–Trinajstić information content (AvgIpc) is 3.71. The second-order valence-electron chi connectivity index (χ2n) is 14.6. The van der Waals surface area contributed by atoms with Gasteiger partial charge in [-0.1, -0.05) is 147 Å². The van der Waals surface area contributed by atoms with Crippen LogP contribution in [0.4, 0.5) is 17.1 Å². The van der Waals surface area contributed by atoms with E-state index in [0.29, 0.717) is 0 Å². The summed E-state index contributed by atoms with van der Waals surface area (Å²) in [6.45, 7) is 4.68. The highest BCUT2D eigenvalue weighted by atomic mass is 16.3. The van der Waals surface area contributed by atoms with Crippen molar-refractivity contribution in [1.29, 1.82) is 0 Å². The zero-order valence-corrected chi connectivity index (χ0v) is 29.8. The Bertz CT molecular complexity index is 2690. The summed E-state index contributed by atoms with van der Waals surface area (Å²) >= 11 is 0. The summed E-state index contributed by atoms with van der Waals surface area (Å²) in [7, 11) is 0. The number of anilines is 3. The lowest BCUT2D eigenvalue weighted by molar-refractivity contribution is 0.620. The van der Waals surface area contributed by atoms with Crippen LogP contribution in [0.5, 0.6) is 0 Å². The molecule has 1 heterocycles. The Labute approximate surface area is 310 Å². The van der Waals surface area contributed by atoms with Crippen LogP contribution in [-0.4, -0.2) is 0 Å². The molecule has 1 aliphatic carbocycles. The molecule has 2 heteroatoms. The first kappa shape index (κ1) is 31.1. The molecular formula is C51H37NO. The zero-order chi connectivity index (χ0) is 35.5. The largest absolute Gasteiger partial charge is 0.456 e. The van der Waals surface area contributed by atoms with Crippen LogP contribution in [0.2, 0.25) is 0 Å². The van der Waals surface area contributed by atoms with Gasteiger partial charge >= 0.3 is 0 Å². The second kappa shape index (κ2) is 12.3. The lowest BCUT2D eigenvalue weighted by Crippen LogP contribution is -2.15. The number of nitrogens with zero attached hydrogens (tertiary/aromatic N) is 1. The predicted molar refractivity (Wildman–Crippen MR) is 222 cm³/mol. The third-order valence-corrected chi connectivity index (χ3v) is 11.1. The Balaban J connectivity index is 1.06. The maximum atomic E-state index is 6.56. The van der Waals surface area contributed by atoms with Gasteiger partial charge < -0.3 is 9.32 Å². The Kier molecular flexibility index (Phi) is 7.19. The van der Waals surface area contributed by atoms with Crippen molar-refractivity contribution in [3.63, 3.8) is 0 Å². The fourth-order valence-electron chi connectivity index (χ4n) is 8.38. The molecule has 1 aromatic heterocycles. The Hall–Kier alpha value is -6.64. The van der Waals surface area contributed by atoms with Gasteiger partial charge in [0.15, 0.2) is 0 Å². The molecule has 1 aliphatic rings. The van der Waals surface area contributed by atoms with Crippen LogP contribution in [0.1, 0.15) is 25.0 Å². The highest BCUT2D eigenvalue weighted by molar-refractivity contribution is 6.09. The molecule has 252 valence electrons. The third kappa shape index (κ3) is 5.18. The summed E-state index contributed by atoms with van der Waals surface area (Å²) in [4.78, 5) is 2.36. The Morgan fingerprint density at radius 1 is 0.396 bits per heavy atom. The van der Waals surface area contributed by atoms with Crippen LogP contribution in [0.3, 0.4) is 0 Å². The molecule has 53 heavy (non-hydrogen) atoms. The van der Waals surface area contributed by atoms with Gasteiger partial charge in [-0.05, 0) is 105 Å². The molecule has 0 fully saturated rings. The minimum atomic E-state index is -0.224. The predicted octanol–water partition coefficient (Wildman–Crippen LogP) is 14.4. The highest BCUT2D eigenvalue weighted by Crippen LogP contribution is 2.53. The van der Waals surface area contributed by atoms with Crippen molar-refractivity contribution < 1.29 is 4.42 Å². The molecule has 0 radical (unpaired) electrons. The molecule has 0 saturated heterocycles. The van der Waals surface area contributed by atoms with Gasteiger partial charge in [0.2, 0.25) is 0 Å². The van der Waals surface area contributed by atoms with Gasteiger partial charge in [-0.2, -0.15) is 0 Å². The van der Waals surface area contributed by atoms with E-state index in [1.54, 1.807) is 0 Å². The van der Waals surface area contributed by atoms with Crippen LogP contribution >= 0.6 is 0 Å². The van der Waals surface area contributed by atoms with Crippen LogP contribution in [0.15, 0.2) is 192 Å². The van der Waals surface area contributed by atoms with Crippen LogP contribution in [0.25, 0.3) is 66.4 Å². The maximum Gasteiger partial charge on any atom is 0.140 e. The molecule has 10 rings (SSSR count). The molecule has 2 nitrogen and oxygen atoms in total. The maximum absolute atomic E-state index is 6.56. The number of rotatable bonds is 6. The minimum Gasteiger partial charge on any atom is -0.456 e. The molecular weight excluding hydrogens is 643 g/mol. The number of hydrogen-bond acceptors (Lipinski definition) is 2. The van der Waals surface area contributed by atoms with E-state index in [9.17, 15) is 0 Å². The van der Waals surface area contributed by atoms with Crippen LogP contribution in [-0.2, 0) is 5.41 Å². The van der Waals surface area contributed by atoms with E-state index in [0.717, 1.165) is 28.2 Å². The van der Waals surface area contributed by atoms with E-state index in [1.807, 2.05) is 6.07 Å². The average molecular weight is 680 g/mol. The number of benzene rings is 8. The molecule has 0 amide bonds. The number of hydrogen-bond donors (Lipinski definition) is 0. The number of fused-ring (bicyclic) bond motifs is 7. The zero-order valence-electron chi connectivity index (χ0n) is 29.8. The monoisotopic (exact) mass is 679 g/mol. The third-order valence-electron chi connectivity index (χ3n) is 11.1. The van der Waals surface area contributed by atoms with E-state index in [4.69, 9.17) is 4.42 Å². The summed E-state index contributed by atoms with van der Waals surface area (Å²) in [5.74, 6) is 0. The van der Waals surface area contributed by atoms with E-state index >= 15 is 0 Å². The molecule has 0 saturated carbocycles. The van der Waals surface area contributed by atoms with Crippen molar-refractivity contribution in [3.05, 3.63) is 199 Å². The van der Waals surface area contributed by atoms with Crippen molar-refractivity contribution >= 4 is 39.0 Å². The van der Waals surface area contributed by atoms with Crippen molar-refractivity contribution in [2.45, 2.75) is 19.3 Å². The lowest BCUT2D eigenvalue weighted by atomic mass is 9.81. The molecule has 0 unspecified atom stereocenters. The Morgan fingerprint density at radius 3 is 1.58 bits per heavy atom. The van der Waals surface area contributed by atoms with E-state index in [-0.39, 0.29) is 5.41 Å². The van der Waals surface area contributed by atoms with E-state index in [2.05, 4.69) is 201 Å². The molecule has 0 atom stereocenters. The lowest BCUT2D eigenvalue weighted by Gasteiger charge is -2.27. The molecule has 8 aromatic carbocycles. The van der Waals surface area contributed by atoms with Crippen molar-refractivity contribution in [2.24, 2.45) is 0 Å².